The van der Waals surface area contributed by atoms with Gasteiger partial charge in [-0.1, -0.05) is 30.0 Å². The first-order valence-corrected chi connectivity index (χ1v) is 10.5. The van der Waals surface area contributed by atoms with Gasteiger partial charge >= 0.3 is 0 Å². The normalized spacial score (nSPS) is 17.6. The van der Waals surface area contributed by atoms with E-state index >= 15 is 0 Å². The highest BCUT2D eigenvalue weighted by Crippen LogP contribution is 2.27. The molecule has 8 nitrogen and oxygen atoms in total. The van der Waals surface area contributed by atoms with E-state index in [9.17, 15) is 13.2 Å². The maximum Gasteiger partial charge on any atom is 0.281 e. The smallest absolute Gasteiger partial charge is 0.281 e. The Morgan fingerprint density at radius 1 is 1.39 bits per heavy atom. The number of nitrogens with zero attached hydrogens (tertiary/aromatic N) is 4. The molecule has 0 atom stereocenters. The first-order valence-electron chi connectivity index (χ1n) is 7.29. The van der Waals surface area contributed by atoms with Crippen LogP contribution in [0.25, 0.3) is 0 Å². The van der Waals surface area contributed by atoms with E-state index in [0.29, 0.717) is 31.1 Å². The van der Waals surface area contributed by atoms with Crippen LogP contribution >= 0.6 is 23.1 Å². The number of piperidine rings is 1. The van der Waals surface area contributed by atoms with Crippen LogP contribution in [0.5, 0.6) is 0 Å². The van der Waals surface area contributed by atoms with Gasteiger partial charge in [-0.15, -0.1) is 10.2 Å². The number of carbonyl (C=O) groups excluding carboxylic acids is 1. The molecule has 0 spiro atoms. The number of carbonyl (C=O) groups is 1. The fourth-order valence-corrected chi connectivity index (χ4v) is 5.02. The van der Waals surface area contributed by atoms with Gasteiger partial charge in [0.25, 0.3) is 10.2 Å². The summed E-state index contributed by atoms with van der Waals surface area (Å²) in [6, 6.07) is 0. The Morgan fingerprint density at radius 3 is 2.61 bits per heavy atom. The molecule has 1 aliphatic rings. The fourth-order valence-electron chi connectivity index (χ4n) is 2.23. The molecule has 2 rings (SSSR count). The minimum Gasteiger partial charge on any atom is -0.300 e. The number of aromatic nitrogens is 2. The van der Waals surface area contributed by atoms with Crippen LogP contribution in [0.4, 0.5) is 5.13 Å². The Bertz CT molecular complexity index is 638. The molecule has 0 unspecified atom stereocenters. The van der Waals surface area contributed by atoms with Gasteiger partial charge in [-0.25, -0.2) is 0 Å². The molecule has 0 aromatic carbocycles. The molecular weight excluding hydrogens is 358 g/mol. The summed E-state index contributed by atoms with van der Waals surface area (Å²) in [6.07, 6.45) is 1.02. The van der Waals surface area contributed by atoms with Crippen molar-refractivity contribution < 1.29 is 13.2 Å². The Balaban J connectivity index is 1.88. The lowest BCUT2D eigenvalue weighted by Crippen LogP contribution is -2.46. The number of thioether (sulfide) groups is 1. The van der Waals surface area contributed by atoms with Crippen LogP contribution in [0.1, 0.15) is 19.8 Å². The average molecular weight is 380 g/mol. The van der Waals surface area contributed by atoms with Gasteiger partial charge in [-0.3, -0.25) is 4.79 Å². The van der Waals surface area contributed by atoms with Crippen LogP contribution in [0, 0.1) is 5.92 Å². The topological polar surface area (TPSA) is 95.5 Å². The summed E-state index contributed by atoms with van der Waals surface area (Å²) in [4.78, 5) is 12.3. The number of nitrogens with one attached hydrogen (secondary N) is 1. The fraction of sp³-hybridized carbons (Fsp3) is 0.750. The summed E-state index contributed by atoms with van der Waals surface area (Å²) in [7, 11) is -0.380. The Morgan fingerprint density at radius 2 is 2.04 bits per heavy atom. The second-order valence-corrected chi connectivity index (χ2v) is 9.89. The van der Waals surface area contributed by atoms with Gasteiger partial charge in [0.15, 0.2) is 4.34 Å². The SMILES string of the molecule is CCSc1nnc(NC(=O)C2CCN(S(=O)(=O)N(C)C)CC2)s1. The largest absolute Gasteiger partial charge is 0.300 e. The lowest BCUT2D eigenvalue weighted by atomic mass is 9.97. The van der Waals surface area contributed by atoms with Crippen LogP contribution in [0.15, 0.2) is 4.34 Å². The minimum atomic E-state index is -3.40. The highest BCUT2D eigenvalue weighted by molar-refractivity contribution is 8.01. The van der Waals surface area contributed by atoms with Crippen LogP contribution in [-0.2, 0) is 15.0 Å². The average Bonchev–Trinajstić information content (AvgIpc) is 2.94. The van der Waals surface area contributed by atoms with E-state index < -0.39 is 10.2 Å². The molecule has 0 aliphatic carbocycles. The summed E-state index contributed by atoms with van der Waals surface area (Å²) in [5.41, 5.74) is 0. The molecule has 11 heteroatoms. The van der Waals surface area contributed by atoms with Crippen LogP contribution in [-0.4, -0.2) is 66.1 Å². The van der Waals surface area contributed by atoms with E-state index in [-0.39, 0.29) is 11.8 Å². The van der Waals surface area contributed by atoms with Gasteiger partial charge in [0.1, 0.15) is 0 Å². The van der Waals surface area contributed by atoms with Crippen LogP contribution < -0.4 is 5.32 Å². The highest BCUT2D eigenvalue weighted by Gasteiger charge is 2.32. The lowest BCUT2D eigenvalue weighted by Gasteiger charge is -2.31. The van der Waals surface area contributed by atoms with E-state index in [0.717, 1.165) is 10.1 Å². The lowest BCUT2D eigenvalue weighted by molar-refractivity contribution is -0.120. The minimum absolute atomic E-state index is 0.115. The molecule has 0 bridgehead atoms. The van der Waals surface area contributed by atoms with Crippen molar-refractivity contribution >= 4 is 44.3 Å². The number of hydrogen-bond donors (Lipinski definition) is 1. The van der Waals surface area contributed by atoms with Crippen molar-refractivity contribution in [3.8, 4) is 0 Å². The van der Waals surface area contributed by atoms with Gasteiger partial charge in [0.2, 0.25) is 11.0 Å². The molecular formula is C12H21N5O3S3. The van der Waals surface area contributed by atoms with Gasteiger partial charge < -0.3 is 5.32 Å². The van der Waals surface area contributed by atoms with Crippen molar-refractivity contribution in [3.05, 3.63) is 0 Å². The molecule has 1 fully saturated rings. The second kappa shape index (κ2) is 7.88. The van der Waals surface area contributed by atoms with Crippen molar-refractivity contribution in [1.82, 2.24) is 18.8 Å². The molecule has 1 saturated heterocycles. The summed E-state index contributed by atoms with van der Waals surface area (Å²) in [6.45, 7) is 2.73. The van der Waals surface area contributed by atoms with Crippen molar-refractivity contribution in [1.29, 1.82) is 0 Å². The number of amides is 1. The van der Waals surface area contributed by atoms with Crippen molar-refractivity contribution in [2.75, 3.05) is 38.3 Å². The van der Waals surface area contributed by atoms with Gasteiger partial charge in [-0.2, -0.15) is 17.0 Å². The molecule has 0 saturated carbocycles. The third kappa shape index (κ3) is 4.63. The molecule has 1 amide bonds. The number of hydrogen-bond acceptors (Lipinski definition) is 7. The van der Waals surface area contributed by atoms with Crippen molar-refractivity contribution in [2.45, 2.75) is 24.1 Å². The zero-order valence-electron chi connectivity index (χ0n) is 13.4. The molecule has 1 aromatic heterocycles. The van der Waals surface area contributed by atoms with Gasteiger partial charge in [0.05, 0.1) is 0 Å². The molecule has 0 radical (unpaired) electrons. The summed E-state index contributed by atoms with van der Waals surface area (Å²) >= 11 is 2.93. The van der Waals surface area contributed by atoms with E-state index in [4.69, 9.17) is 0 Å². The standard InChI is InChI=1S/C12H21N5O3S3/c1-4-21-12-15-14-11(22-12)13-10(18)9-5-7-17(8-6-9)23(19,20)16(2)3/h9H,4-8H2,1-3H3,(H,13,14,18). The first-order chi connectivity index (χ1) is 10.8. The molecule has 1 aromatic rings. The Labute approximate surface area is 144 Å². The van der Waals surface area contributed by atoms with E-state index in [1.54, 1.807) is 11.8 Å². The number of anilines is 1. The monoisotopic (exact) mass is 379 g/mol. The maximum atomic E-state index is 12.3. The first kappa shape index (κ1) is 18.6. The highest BCUT2D eigenvalue weighted by atomic mass is 32.2. The second-order valence-electron chi connectivity index (χ2n) is 5.26. The zero-order valence-corrected chi connectivity index (χ0v) is 15.8. The van der Waals surface area contributed by atoms with Gasteiger partial charge in [0, 0.05) is 33.1 Å². The van der Waals surface area contributed by atoms with Gasteiger partial charge in [-0.05, 0) is 18.6 Å². The van der Waals surface area contributed by atoms with Crippen molar-refractivity contribution in [2.24, 2.45) is 5.92 Å². The third-order valence-electron chi connectivity index (χ3n) is 3.52. The van der Waals surface area contributed by atoms with Crippen molar-refractivity contribution in [3.63, 3.8) is 0 Å². The third-order valence-corrected chi connectivity index (χ3v) is 7.31. The maximum absolute atomic E-state index is 12.3. The molecule has 1 aliphatic heterocycles. The summed E-state index contributed by atoms with van der Waals surface area (Å²) < 4.78 is 27.5. The molecule has 130 valence electrons. The Hall–Kier alpha value is -0.750. The Kier molecular flexibility index (Phi) is 6.37. The van der Waals surface area contributed by atoms with E-state index in [1.807, 2.05) is 6.92 Å². The quantitative estimate of drug-likeness (QED) is 0.587. The van der Waals surface area contributed by atoms with Crippen LogP contribution in [0.2, 0.25) is 0 Å². The predicted molar refractivity (Wildman–Crippen MR) is 91.8 cm³/mol. The molecule has 1 N–H and O–H groups in total. The summed E-state index contributed by atoms with van der Waals surface area (Å²) in [5, 5.41) is 11.2. The van der Waals surface area contributed by atoms with Crippen LogP contribution in [0.3, 0.4) is 0 Å². The number of rotatable bonds is 6. The molecule has 23 heavy (non-hydrogen) atoms. The summed E-state index contributed by atoms with van der Waals surface area (Å²) in [5.74, 6) is 0.590. The molecule has 2 heterocycles. The zero-order chi connectivity index (χ0) is 17.0. The predicted octanol–water partition coefficient (Wildman–Crippen LogP) is 1.11. The van der Waals surface area contributed by atoms with E-state index in [1.165, 1.54) is 34.0 Å². The van der Waals surface area contributed by atoms with E-state index in [2.05, 4.69) is 15.5 Å².